The van der Waals surface area contributed by atoms with Gasteiger partial charge < -0.3 is 29.7 Å². The lowest BCUT2D eigenvalue weighted by Crippen LogP contribution is -2.57. The molecule has 10 nitrogen and oxygen atoms in total. The lowest BCUT2D eigenvalue weighted by atomic mass is 10.0. The molecule has 5 atom stereocenters. The van der Waals surface area contributed by atoms with Crippen molar-refractivity contribution in [1.82, 2.24) is 0 Å². The summed E-state index contributed by atoms with van der Waals surface area (Å²) < 4.78 is 40.8. The van der Waals surface area contributed by atoms with E-state index in [4.69, 9.17) is 9.84 Å². The van der Waals surface area contributed by atoms with E-state index in [1.54, 1.807) is 11.8 Å². The van der Waals surface area contributed by atoms with Gasteiger partial charge in [0, 0.05) is 6.42 Å². The number of ether oxygens (including phenoxy) is 1. The molecular formula is C11H20NO9S3-. The molecule has 1 saturated heterocycles. The van der Waals surface area contributed by atoms with Gasteiger partial charge in [-0.15, -0.1) is 0 Å². The smallest absolute Gasteiger partial charge is 0.284 e. The number of oxime groups is 1. The van der Waals surface area contributed by atoms with Gasteiger partial charge in [-0.05, 0) is 18.4 Å². The van der Waals surface area contributed by atoms with Crippen LogP contribution in [0.15, 0.2) is 5.16 Å². The molecule has 0 radical (unpaired) electrons. The Morgan fingerprint density at radius 3 is 2.50 bits per heavy atom. The molecule has 1 fully saturated rings. The van der Waals surface area contributed by atoms with Gasteiger partial charge in [0.05, 0.1) is 6.61 Å². The SMILES string of the molecule is CSCCC/C(=N/OS(=O)(=O)[O-])S[C@@H]1O[C@H](CO)[C@@H](O)[C@H](O)[C@H]1O. The molecule has 0 saturated carbocycles. The molecule has 1 aliphatic rings. The lowest BCUT2D eigenvalue weighted by molar-refractivity contribution is -0.205. The quantitative estimate of drug-likeness (QED) is 0.0919. The second-order valence-electron chi connectivity index (χ2n) is 4.88. The van der Waals surface area contributed by atoms with Gasteiger partial charge in [0.2, 0.25) is 0 Å². The maximum atomic E-state index is 10.5. The highest BCUT2D eigenvalue weighted by Gasteiger charge is 2.44. The first-order valence-electron chi connectivity index (χ1n) is 6.87. The molecule has 13 heteroatoms. The van der Waals surface area contributed by atoms with Crippen molar-refractivity contribution in [1.29, 1.82) is 0 Å². The van der Waals surface area contributed by atoms with Crippen molar-refractivity contribution in [3.63, 3.8) is 0 Å². The summed E-state index contributed by atoms with van der Waals surface area (Å²) in [6.07, 6.45) is -2.97. The fourth-order valence-electron chi connectivity index (χ4n) is 1.88. The van der Waals surface area contributed by atoms with Crippen molar-refractivity contribution >= 4 is 39.0 Å². The summed E-state index contributed by atoms with van der Waals surface area (Å²) in [6.45, 7) is -0.591. The topological polar surface area (TPSA) is 169 Å². The van der Waals surface area contributed by atoms with Gasteiger partial charge in [-0.2, -0.15) is 20.2 Å². The molecule has 0 bridgehead atoms. The van der Waals surface area contributed by atoms with Gasteiger partial charge in [0.1, 0.15) is 34.9 Å². The third-order valence-electron chi connectivity index (χ3n) is 3.07. The molecule has 4 N–H and O–H groups in total. The molecule has 0 aliphatic carbocycles. The molecule has 0 amide bonds. The number of nitrogens with zero attached hydrogens (tertiary/aromatic N) is 1. The van der Waals surface area contributed by atoms with Crippen LogP contribution < -0.4 is 0 Å². The van der Waals surface area contributed by atoms with Crippen LogP contribution in [0.4, 0.5) is 0 Å². The molecule has 0 unspecified atom stereocenters. The first-order chi connectivity index (χ1) is 11.2. The normalized spacial score (nSPS) is 31.9. The second-order valence-corrected chi connectivity index (χ2v) is 8.00. The Bertz CT molecular complexity index is 513. The third-order valence-corrected chi connectivity index (χ3v) is 5.20. The molecule has 1 aliphatic heterocycles. The van der Waals surface area contributed by atoms with E-state index < -0.39 is 46.9 Å². The Morgan fingerprint density at radius 2 is 1.96 bits per heavy atom. The Balaban J connectivity index is 2.82. The average Bonchev–Trinajstić information content (AvgIpc) is 2.52. The van der Waals surface area contributed by atoms with Crippen LogP contribution in [-0.2, 0) is 19.4 Å². The van der Waals surface area contributed by atoms with Crippen LogP contribution in [0.25, 0.3) is 0 Å². The van der Waals surface area contributed by atoms with Crippen molar-refractivity contribution in [2.24, 2.45) is 5.16 Å². The molecule has 1 heterocycles. The van der Waals surface area contributed by atoms with Gasteiger partial charge in [0.15, 0.2) is 0 Å². The third kappa shape index (κ3) is 7.01. The van der Waals surface area contributed by atoms with Crippen LogP contribution >= 0.6 is 23.5 Å². The number of aliphatic hydroxyl groups excluding tert-OH is 4. The predicted octanol–water partition coefficient (Wildman–Crippen LogP) is -1.55. The Kier molecular flexibility index (Phi) is 9.25. The number of hydrogen-bond donors (Lipinski definition) is 4. The minimum absolute atomic E-state index is 0.0628. The zero-order chi connectivity index (χ0) is 18.3. The number of aliphatic hydroxyl groups is 4. The molecule has 1 rings (SSSR count). The fraction of sp³-hybridized carbons (Fsp3) is 0.909. The highest BCUT2D eigenvalue weighted by molar-refractivity contribution is 8.14. The van der Waals surface area contributed by atoms with Crippen molar-refractivity contribution in [3.8, 4) is 0 Å². The summed E-state index contributed by atoms with van der Waals surface area (Å²) in [6, 6.07) is 0. The van der Waals surface area contributed by atoms with Gasteiger partial charge in [0.25, 0.3) is 10.4 Å². The lowest BCUT2D eigenvalue weighted by Gasteiger charge is -2.39. The minimum Gasteiger partial charge on any atom is -0.714 e. The largest absolute Gasteiger partial charge is 0.714 e. The number of rotatable bonds is 8. The maximum absolute atomic E-state index is 10.5. The van der Waals surface area contributed by atoms with Gasteiger partial charge in [-0.25, -0.2) is 0 Å². The fourth-order valence-corrected chi connectivity index (χ4v) is 3.65. The zero-order valence-electron chi connectivity index (χ0n) is 12.7. The molecule has 24 heavy (non-hydrogen) atoms. The number of thioether (sulfide) groups is 2. The van der Waals surface area contributed by atoms with E-state index in [2.05, 4.69) is 9.44 Å². The molecule has 0 aromatic rings. The first kappa shape index (κ1) is 21.9. The molecule has 0 aromatic heterocycles. The minimum atomic E-state index is -5.03. The summed E-state index contributed by atoms with van der Waals surface area (Å²) in [4.78, 5) is 0. The van der Waals surface area contributed by atoms with Crippen LogP contribution in [0, 0.1) is 0 Å². The number of hydrogen-bond acceptors (Lipinski definition) is 12. The van der Waals surface area contributed by atoms with Crippen LogP contribution in [0.2, 0.25) is 0 Å². The van der Waals surface area contributed by atoms with Crippen molar-refractivity contribution in [2.45, 2.75) is 42.7 Å². The summed E-state index contributed by atoms with van der Waals surface area (Å²) >= 11 is 2.29. The van der Waals surface area contributed by atoms with Crippen LogP contribution in [-0.4, -0.2) is 86.9 Å². The maximum Gasteiger partial charge on any atom is 0.284 e. The van der Waals surface area contributed by atoms with Crippen LogP contribution in [0.1, 0.15) is 12.8 Å². The van der Waals surface area contributed by atoms with E-state index in [0.717, 1.165) is 17.5 Å². The second kappa shape index (κ2) is 10.1. The highest BCUT2D eigenvalue weighted by Crippen LogP contribution is 2.30. The van der Waals surface area contributed by atoms with Gasteiger partial charge in [-0.3, -0.25) is 4.28 Å². The standard InChI is InChI=1S/C11H21NO9S3/c1-22-4-2-3-7(12-21-24(17,18)19)23-11-10(16)9(15)8(14)6(5-13)20-11/h6,8-11,13-16H,2-5H2,1H3,(H,17,18,19)/p-1/b12-7-/t6-,8-,9+,10-,11+/m1/s1. The van der Waals surface area contributed by atoms with E-state index in [1.807, 2.05) is 6.26 Å². The summed E-state index contributed by atoms with van der Waals surface area (Å²) in [5.41, 5.74) is -1.13. The summed E-state index contributed by atoms with van der Waals surface area (Å²) in [7, 11) is -5.03. The van der Waals surface area contributed by atoms with E-state index in [9.17, 15) is 28.3 Å². The monoisotopic (exact) mass is 406 g/mol. The predicted molar refractivity (Wildman–Crippen MR) is 87.2 cm³/mol. The summed E-state index contributed by atoms with van der Waals surface area (Å²) in [5.74, 6) is 0.735. The Labute approximate surface area is 148 Å². The highest BCUT2D eigenvalue weighted by atomic mass is 32.3. The van der Waals surface area contributed by atoms with Crippen molar-refractivity contribution in [2.75, 3.05) is 18.6 Å². The van der Waals surface area contributed by atoms with E-state index in [0.29, 0.717) is 6.42 Å². The van der Waals surface area contributed by atoms with Crippen molar-refractivity contribution in [3.05, 3.63) is 0 Å². The van der Waals surface area contributed by atoms with Crippen molar-refractivity contribution < 1.29 is 42.4 Å². The van der Waals surface area contributed by atoms with E-state index in [-0.39, 0.29) is 11.5 Å². The van der Waals surface area contributed by atoms with Crippen LogP contribution in [0.5, 0.6) is 0 Å². The van der Waals surface area contributed by atoms with Gasteiger partial charge >= 0.3 is 0 Å². The average molecular weight is 406 g/mol. The van der Waals surface area contributed by atoms with E-state index in [1.165, 1.54) is 0 Å². The first-order valence-corrected chi connectivity index (χ1v) is 10.5. The molecular weight excluding hydrogens is 386 g/mol. The van der Waals surface area contributed by atoms with E-state index >= 15 is 0 Å². The molecule has 142 valence electrons. The zero-order valence-corrected chi connectivity index (χ0v) is 15.2. The van der Waals surface area contributed by atoms with Crippen LogP contribution in [0.3, 0.4) is 0 Å². The summed E-state index contributed by atoms with van der Waals surface area (Å²) in [5, 5.41) is 41.9. The molecule has 0 spiro atoms. The molecule has 0 aromatic carbocycles. The van der Waals surface area contributed by atoms with Gasteiger partial charge in [-0.1, -0.05) is 16.9 Å². The Hall–Kier alpha value is -0.120. The Morgan fingerprint density at radius 1 is 1.29 bits per heavy atom.